The summed E-state index contributed by atoms with van der Waals surface area (Å²) in [7, 11) is 0. The van der Waals surface area contributed by atoms with Crippen molar-refractivity contribution in [3.8, 4) is 0 Å². The number of aromatic nitrogens is 4. The van der Waals surface area contributed by atoms with Crippen molar-refractivity contribution in [3.05, 3.63) is 35.7 Å². The fraction of sp³-hybridized carbons (Fsp3) is 0.462. The Labute approximate surface area is 116 Å². The molecule has 3 rings (SSSR count). The quantitative estimate of drug-likeness (QED) is 0.778. The van der Waals surface area contributed by atoms with Gasteiger partial charge in [0.1, 0.15) is 18.1 Å². The van der Waals surface area contributed by atoms with Crippen molar-refractivity contribution in [2.75, 3.05) is 6.54 Å². The van der Waals surface area contributed by atoms with Gasteiger partial charge in [0.25, 0.3) is 5.91 Å². The van der Waals surface area contributed by atoms with Crippen LogP contribution in [0.3, 0.4) is 0 Å². The van der Waals surface area contributed by atoms with E-state index in [9.17, 15) is 4.79 Å². The fourth-order valence-electron chi connectivity index (χ4n) is 2.41. The van der Waals surface area contributed by atoms with Crippen molar-refractivity contribution in [2.45, 2.75) is 32.0 Å². The maximum atomic E-state index is 12.0. The van der Waals surface area contributed by atoms with Gasteiger partial charge in [-0.25, -0.2) is 4.98 Å². The number of carbonyl (C=O) groups excluding carboxylic acids is 1. The zero-order valence-electron chi connectivity index (χ0n) is 11.2. The highest BCUT2D eigenvalue weighted by molar-refractivity contribution is 5.93. The van der Waals surface area contributed by atoms with Gasteiger partial charge < -0.3 is 15.0 Å². The Morgan fingerprint density at radius 3 is 3.15 bits per heavy atom. The molecular formula is C13H17N5O2. The summed E-state index contributed by atoms with van der Waals surface area (Å²) < 4.78 is 5.85. The van der Waals surface area contributed by atoms with Crippen LogP contribution in [0.1, 0.15) is 40.8 Å². The summed E-state index contributed by atoms with van der Waals surface area (Å²) in [6.07, 6.45) is 4.99. The summed E-state index contributed by atoms with van der Waals surface area (Å²) in [5, 5.41) is 9.53. The van der Waals surface area contributed by atoms with Crippen LogP contribution in [0.4, 0.5) is 0 Å². The number of aromatic amines is 2. The Kier molecular flexibility index (Phi) is 3.51. The molecule has 0 bridgehead atoms. The normalized spacial score (nSPS) is 22.1. The zero-order valence-corrected chi connectivity index (χ0v) is 11.2. The molecule has 2 aromatic rings. The lowest BCUT2D eigenvalue weighted by molar-refractivity contribution is 0.0392. The van der Waals surface area contributed by atoms with Crippen molar-refractivity contribution >= 4 is 5.91 Å². The first kappa shape index (κ1) is 12.9. The lowest BCUT2D eigenvalue weighted by atomic mass is 10.2. The highest BCUT2D eigenvalue weighted by Crippen LogP contribution is 2.29. The number of carbonyl (C=O) groups is 1. The second kappa shape index (κ2) is 5.46. The van der Waals surface area contributed by atoms with Crippen LogP contribution in [-0.4, -0.2) is 38.7 Å². The van der Waals surface area contributed by atoms with Gasteiger partial charge in [0.2, 0.25) is 0 Å². The van der Waals surface area contributed by atoms with E-state index >= 15 is 0 Å². The van der Waals surface area contributed by atoms with Crippen molar-refractivity contribution in [2.24, 2.45) is 0 Å². The summed E-state index contributed by atoms with van der Waals surface area (Å²) >= 11 is 0. The predicted molar refractivity (Wildman–Crippen MR) is 71.1 cm³/mol. The average Bonchev–Trinajstić information content (AvgIpc) is 3.16. The minimum atomic E-state index is -0.0979. The van der Waals surface area contributed by atoms with Crippen molar-refractivity contribution in [1.82, 2.24) is 25.5 Å². The van der Waals surface area contributed by atoms with E-state index in [1.165, 1.54) is 6.33 Å². The predicted octanol–water partition coefficient (Wildman–Crippen LogP) is 1.09. The zero-order chi connectivity index (χ0) is 13.9. The van der Waals surface area contributed by atoms with E-state index in [4.69, 9.17) is 4.74 Å². The first-order valence-electron chi connectivity index (χ1n) is 6.67. The monoisotopic (exact) mass is 275 g/mol. The third-order valence-electron chi connectivity index (χ3n) is 3.52. The van der Waals surface area contributed by atoms with E-state index in [2.05, 4.69) is 25.5 Å². The molecule has 7 nitrogen and oxygen atoms in total. The molecular weight excluding hydrogens is 258 g/mol. The minimum absolute atomic E-state index is 0.0179. The number of H-pyrrole nitrogens is 2. The first-order valence-corrected chi connectivity index (χ1v) is 6.67. The van der Waals surface area contributed by atoms with E-state index in [1.54, 1.807) is 6.20 Å². The standard InChI is InChI=1S/C13H17N5O2/c1-8-4-5-14-11(8)13(19)15-6-9-2-3-10(20-9)12-16-7-17-18-12/h4-5,7,9-10,14H,2-3,6H2,1H3,(H,15,19)(H,16,17,18)/t9-,10+/m1/s1. The van der Waals surface area contributed by atoms with Crippen LogP contribution >= 0.6 is 0 Å². The largest absolute Gasteiger partial charge is 0.365 e. The maximum absolute atomic E-state index is 12.0. The van der Waals surface area contributed by atoms with Crippen molar-refractivity contribution in [1.29, 1.82) is 0 Å². The van der Waals surface area contributed by atoms with Crippen molar-refractivity contribution < 1.29 is 9.53 Å². The van der Waals surface area contributed by atoms with Crippen LogP contribution in [0.2, 0.25) is 0 Å². The molecule has 0 aromatic carbocycles. The number of hydrogen-bond acceptors (Lipinski definition) is 4. The molecule has 0 aliphatic carbocycles. The highest BCUT2D eigenvalue weighted by Gasteiger charge is 2.28. The summed E-state index contributed by atoms with van der Waals surface area (Å²) in [5.74, 6) is 0.651. The number of rotatable bonds is 4. The second-order valence-corrected chi connectivity index (χ2v) is 4.94. The van der Waals surface area contributed by atoms with Gasteiger partial charge in [0, 0.05) is 12.7 Å². The third-order valence-corrected chi connectivity index (χ3v) is 3.52. The molecule has 1 aliphatic heterocycles. The molecule has 20 heavy (non-hydrogen) atoms. The second-order valence-electron chi connectivity index (χ2n) is 4.94. The Morgan fingerprint density at radius 1 is 1.55 bits per heavy atom. The minimum Gasteiger partial charge on any atom is -0.365 e. The molecule has 0 saturated carbocycles. The van der Waals surface area contributed by atoms with Gasteiger partial charge in [-0.15, -0.1) is 0 Å². The summed E-state index contributed by atoms with van der Waals surface area (Å²) in [5.41, 5.74) is 1.55. The van der Waals surface area contributed by atoms with Gasteiger partial charge in [-0.1, -0.05) is 0 Å². The molecule has 0 radical (unpaired) electrons. The third kappa shape index (κ3) is 2.57. The molecule has 2 aromatic heterocycles. The number of hydrogen-bond donors (Lipinski definition) is 3. The molecule has 2 atom stereocenters. The van der Waals surface area contributed by atoms with Gasteiger partial charge in [-0.05, 0) is 31.4 Å². The molecule has 1 amide bonds. The van der Waals surface area contributed by atoms with Crippen LogP contribution in [0.25, 0.3) is 0 Å². The molecule has 0 unspecified atom stereocenters. The van der Waals surface area contributed by atoms with Crippen LogP contribution in [-0.2, 0) is 4.74 Å². The molecule has 7 heteroatoms. The van der Waals surface area contributed by atoms with Gasteiger partial charge >= 0.3 is 0 Å². The number of nitrogens with one attached hydrogen (secondary N) is 3. The van der Waals surface area contributed by atoms with Gasteiger partial charge in [0.05, 0.1) is 6.10 Å². The lowest BCUT2D eigenvalue weighted by Crippen LogP contribution is -2.32. The van der Waals surface area contributed by atoms with Crippen LogP contribution in [0.5, 0.6) is 0 Å². The summed E-state index contributed by atoms with van der Waals surface area (Å²) in [6.45, 7) is 2.40. The van der Waals surface area contributed by atoms with Gasteiger partial charge in [-0.2, -0.15) is 5.10 Å². The van der Waals surface area contributed by atoms with Crippen LogP contribution in [0, 0.1) is 6.92 Å². The Balaban J connectivity index is 1.51. The molecule has 1 saturated heterocycles. The summed E-state index contributed by atoms with van der Waals surface area (Å²) in [4.78, 5) is 19.0. The van der Waals surface area contributed by atoms with E-state index in [1.807, 2.05) is 13.0 Å². The topological polar surface area (TPSA) is 95.7 Å². The van der Waals surface area contributed by atoms with E-state index in [0.717, 1.165) is 24.2 Å². The molecule has 1 aliphatic rings. The SMILES string of the molecule is Cc1cc[nH]c1C(=O)NC[C@H]1CC[C@@H](c2ncn[nH]2)O1. The van der Waals surface area contributed by atoms with Crippen LogP contribution < -0.4 is 5.32 Å². The van der Waals surface area contributed by atoms with E-state index in [0.29, 0.717) is 12.2 Å². The summed E-state index contributed by atoms with van der Waals surface area (Å²) in [6, 6.07) is 1.88. The van der Waals surface area contributed by atoms with Gasteiger partial charge in [0.15, 0.2) is 5.82 Å². The molecule has 1 fully saturated rings. The smallest absolute Gasteiger partial charge is 0.268 e. The Bertz CT molecular complexity index is 577. The average molecular weight is 275 g/mol. The van der Waals surface area contributed by atoms with Crippen LogP contribution in [0.15, 0.2) is 18.6 Å². The highest BCUT2D eigenvalue weighted by atomic mass is 16.5. The Morgan fingerprint density at radius 2 is 2.45 bits per heavy atom. The van der Waals surface area contributed by atoms with Gasteiger partial charge in [-0.3, -0.25) is 9.89 Å². The van der Waals surface area contributed by atoms with E-state index < -0.39 is 0 Å². The number of ether oxygens (including phenoxy) is 1. The Hall–Kier alpha value is -2.15. The number of nitrogens with zero attached hydrogens (tertiary/aromatic N) is 2. The lowest BCUT2D eigenvalue weighted by Gasteiger charge is -2.13. The molecule has 3 heterocycles. The number of amides is 1. The van der Waals surface area contributed by atoms with E-state index in [-0.39, 0.29) is 18.1 Å². The molecule has 0 spiro atoms. The molecule has 106 valence electrons. The first-order chi connectivity index (χ1) is 9.74. The van der Waals surface area contributed by atoms with Crippen molar-refractivity contribution in [3.63, 3.8) is 0 Å². The maximum Gasteiger partial charge on any atom is 0.268 e. The molecule has 3 N–H and O–H groups in total. The number of aryl methyl sites for hydroxylation is 1. The fourth-order valence-corrected chi connectivity index (χ4v) is 2.41.